The van der Waals surface area contributed by atoms with E-state index in [-0.39, 0.29) is 22.9 Å². The van der Waals surface area contributed by atoms with Crippen LogP contribution in [0.4, 0.5) is 10.7 Å². The monoisotopic (exact) mass is 396 g/mol. The zero-order valence-electron chi connectivity index (χ0n) is 14.4. The molecule has 0 saturated heterocycles. The third-order valence-corrected chi connectivity index (χ3v) is 5.06. The average Bonchev–Trinajstić information content (AvgIpc) is 2.90. The number of nitro groups is 1. The van der Waals surface area contributed by atoms with E-state index in [9.17, 15) is 19.7 Å². The summed E-state index contributed by atoms with van der Waals surface area (Å²) in [5, 5.41) is 14.0. The second-order valence-corrected chi connectivity index (χ2v) is 6.92. The lowest BCUT2D eigenvalue weighted by Gasteiger charge is -2.08. The van der Waals surface area contributed by atoms with E-state index in [1.165, 1.54) is 23.5 Å². The number of rotatable bonds is 6. The third-order valence-electron chi connectivity index (χ3n) is 3.67. The van der Waals surface area contributed by atoms with Crippen LogP contribution in [0.3, 0.4) is 0 Å². The molecule has 2 rings (SSSR count). The quantitative estimate of drug-likeness (QED) is 0.436. The average molecular weight is 397 g/mol. The number of anilines is 1. The molecule has 0 saturated carbocycles. The highest BCUT2D eigenvalue weighted by Crippen LogP contribution is 2.34. The van der Waals surface area contributed by atoms with Crippen LogP contribution in [-0.2, 0) is 11.2 Å². The van der Waals surface area contributed by atoms with Crippen LogP contribution in [0.1, 0.15) is 45.0 Å². The van der Waals surface area contributed by atoms with Gasteiger partial charge in [-0.1, -0.05) is 18.5 Å². The smallest absolute Gasteiger partial charge is 0.341 e. The van der Waals surface area contributed by atoms with Gasteiger partial charge in [-0.05, 0) is 38.0 Å². The van der Waals surface area contributed by atoms with Crippen LogP contribution < -0.4 is 5.32 Å². The summed E-state index contributed by atoms with van der Waals surface area (Å²) in [6.45, 7) is 5.68. The number of nitrogens with one attached hydrogen (secondary N) is 1. The first-order chi connectivity index (χ1) is 12.3. The van der Waals surface area contributed by atoms with Crippen molar-refractivity contribution >= 4 is 45.5 Å². The van der Waals surface area contributed by atoms with Gasteiger partial charge >= 0.3 is 5.97 Å². The number of hydrogen-bond acceptors (Lipinski definition) is 6. The number of nitro benzene ring substituents is 1. The maximum absolute atomic E-state index is 12.5. The lowest BCUT2D eigenvalue weighted by atomic mass is 10.1. The SMILES string of the molecule is CCOC(=O)c1c(NC(=O)c2ccc(Cl)c([N+](=O)[O-])c2)sc(C)c1CC. The number of carbonyl (C=O) groups excluding carboxylic acids is 2. The molecule has 26 heavy (non-hydrogen) atoms. The number of thiophene rings is 1. The number of carbonyl (C=O) groups is 2. The number of hydrogen-bond donors (Lipinski definition) is 1. The van der Waals surface area contributed by atoms with E-state index in [0.717, 1.165) is 16.5 Å². The van der Waals surface area contributed by atoms with Crippen LogP contribution in [-0.4, -0.2) is 23.4 Å². The van der Waals surface area contributed by atoms with Crippen LogP contribution in [0.25, 0.3) is 0 Å². The maximum atomic E-state index is 12.5. The minimum Gasteiger partial charge on any atom is -0.462 e. The Balaban J connectivity index is 2.39. The van der Waals surface area contributed by atoms with Crippen LogP contribution in [0.5, 0.6) is 0 Å². The van der Waals surface area contributed by atoms with Crippen LogP contribution in [0, 0.1) is 17.0 Å². The molecule has 0 unspecified atom stereocenters. The Hall–Kier alpha value is -2.45. The number of benzene rings is 1. The van der Waals surface area contributed by atoms with Gasteiger partial charge in [0.15, 0.2) is 0 Å². The third kappa shape index (κ3) is 4.03. The van der Waals surface area contributed by atoms with E-state index in [4.69, 9.17) is 16.3 Å². The van der Waals surface area contributed by atoms with Gasteiger partial charge in [-0.25, -0.2) is 4.79 Å². The zero-order chi connectivity index (χ0) is 19.4. The minimum absolute atomic E-state index is 0.0565. The van der Waals surface area contributed by atoms with Gasteiger partial charge in [-0.2, -0.15) is 0 Å². The molecule has 0 spiro atoms. The molecule has 1 heterocycles. The van der Waals surface area contributed by atoms with Gasteiger partial charge in [0.2, 0.25) is 0 Å². The Labute approximate surface area is 159 Å². The van der Waals surface area contributed by atoms with E-state index in [2.05, 4.69) is 5.32 Å². The fourth-order valence-corrected chi connectivity index (χ4v) is 3.80. The van der Waals surface area contributed by atoms with Gasteiger partial charge in [-0.15, -0.1) is 11.3 Å². The van der Waals surface area contributed by atoms with Crippen molar-refractivity contribution in [2.45, 2.75) is 27.2 Å². The molecule has 1 aromatic carbocycles. The molecule has 7 nitrogen and oxygen atoms in total. The summed E-state index contributed by atoms with van der Waals surface area (Å²) in [6, 6.07) is 3.77. The minimum atomic E-state index is -0.659. The van der Waals surface area contributed by atoms with Gasteiger partial charge in [0.25, 0.3) is 11.6 Å². The second-order valence-electron chi connectivity index (χ2n) is 5.29. The first-order valence-corrected chi connectivity index (χ1v) is 9.04. The van der Waals surface area contributed by atoms with Crippen molar-refractivity contribution < 1.29 is 19.2 Å². The van der Waals surface area contributed by atoms with Crippen molar-refractivity contribution in [2.24, 2.45) is 0 Å². The zero-order valence-corrected chi connectivity index (χ0v) is 16.0. The molecule has 138 valence electrons. The van der Waals surface area contributed by atoms with Crippen molar-refractivity contribution in [3.05, 3.63) is 54.9 Å². The van der Waals surface area contributed by atoms with Gasteiger partial charge in [0.1, 0.15) is 10.0 Å². The Kier molecular flexibility index (Phi) is 6.33. The second kappa shape index (κ2) is 8.29. The Morgan fingerprint density at radius 1 is 1.35 bits per heavy atom. The fourth-order valence-electron chi connectivity index (χ4n) is 2.48. The topological polar surface area (TPSA) is 98.5 Å². The summed E-state index contributed by atoms with van der Waals surface area (Å²) in [7, 11) is 0. The molecule has 1 amide bonds. The number of esters is 1. The molecular weight excluding hydrogens is 380 g/mol. The normalized spacial score (nSPS) is 10.5. The number of nitrogens with zero attached hydrogens (tertiary/aromatic N) is 1. The molecule has 0 radical (unpaired) electrons. The Morgan fingerprint density at radius 2 is 2.04 bits per heavy atom. The number of aryl methyl sites for hydroxylation is 1. The number of halogens is 1. The van der Waals surface area contributed by atoms with Gasteiger partial charge in [0.05, 0.1) is 17.1 Å². The summed E-state index contributed by atoms with van der Waals surface area (Å²) in [6.07, 6.45) is 0.610. The highest BCUT2D eigenvalue weighted by Gasteiger charge is 2.24. The maximum Gasteiger partial charge on any atom is 0.341 e. The van der Waals surface area contributed by atoms with Crippen LogP contribution >= 0.6 is 22.9 Å². The van der Waals surface area contributed by atoms with Crippen molar-refractivity contribution in [3.63, 3.8) is 0 Å². The molecular formula is C17H17ClN2O5S. The molecule has 0 aliphatic rings. The molecule has 0 aliphatic heterocycles. The molecule has 1 N–H and O–H groups in total. The van der Waals surface area contributed by atoms with Crippen LogP contribution in [0.15, 0.2) is 18.2 Å². The Bertz CT molecular complexity index is 878. The van der Waals surface area contributed by atoms with E-state index in [1.54, 1.807) is 6.92 Å². The molecule has 2 aromatic rings. The summed E-state index contributed by atoms with van der Waals surface area (Å²) < 4.78 is 5.09. The predicted molar refractivity (Wildman–Crippen MR) is 100 cm³/mol. The molecule has 1 aromatic heterocycles. The molecule has 0 bridgehead atoms. The number of amides is 1. The summed E-state index contributed by atoms with van der Waals surface area (Å²) in [5.41, 5.74) is 0.848. The first-order valence-electron chi connectivity index (χ1n) is 7.84. The Morgan fingerprint density at radius 3 is 2.62 bits per heavy atom. The first kappa shape index (κ1) is 19.9. The lowest BCUT2D eigenvalue weighted by molar-refractivity contribution is -0.384. The van der Waals surface area contributed by atoms with Crippen molar-refractivity contribution in [3.8, 4) is 0 Å². The fraction of sp³-hybridized carbons (Fsp3) is 0.294. The molecule has 0 aliphatic carbocycles. The van der Waals surface area contributed by atoms with Gasteiger partial charge in [0, 0.05) is 16.5 Å². The summed E-state index contributed by atoms with van der Waals surface area (Å²) in [5.74, 6) is -1.08. The van der Waals surface area contributed by atoms with Crippen molar-refractivity contribution in [1.29, 1.82) is 0 Å². The lowest BCUT2D eigenvalue weighted by Crippen LogP contribution is -2.15. The number of ether oxygens (including phenoxy) is 1. The standard InChI is InChI=1S/C17H17ClN2O5S/c1-4-11-9(3)26-16(14(11)17(22)25-5-2)19-15(21)10-6-7-12(18)13(8-10)20(23)24/h6-8H,4-5H2,1-3H3,(H,19,21). The van der Waals surface area contributed by atoms with Crippen molar-refractivity contribution in [1.82, 2.24) is 0 Å². The summed E-state index contributed by atoms with van der Waals surface area (Å²) in [4.78, 5) is 36.0. The largest absolute Gasteiger partial charge is 0.462 e. The van der Waals surface area contributed by atoms with Gasteiger partial charge in [-0.3, -0.25) is 14.9 Å². The molecule has 0 fully saturated rings. The molecule has 9 heteroatoms. The molecule has 0 atom stereocenters. The summed E-state index contributed by atoms with van der Waals surface area (Å²) >= 11 is 7.03. The highest BCUT2D eigenvalue weighted by atomic mass is 35.5. The van der Waals surface area contributed by atoms with Gasteiger partial charge < -0.3 is 10.1 Å². The van der Waals surface area contributed by atoms with Crippen molar-refractivity contribution in [2.75, 3.05) is 11.9 Å². The van der Waals surface area contributed by atoms with E-state index < -0.39 is 16.8 Å². The van der Waals surface area contributed by atoms with Crippen LogP contribution in [0.2, 0.25) is 5.02 Å². The predicted octanol–water partition coefficient (Wildman–Crippen LogP) is 4.61. The van der Waals surface area contributed by atoms with E-state index in [1.807, 2.05) is 13.8 Å². The van der Waals surface area contributed by atoms with E-state index in [0.29, 0.717) is 17.0 Å². The highest BCUT2D eigenvalue weighted by molar-refractivity contribution is 7.16. The van der Waals surface area contributed by atoms with E-state index >= 15 is 0 Å².